The molecule has 0 aromatic heterocycles. The lowest BCUT2D eigenvalue weighted by Gasteiger charge is -2.38. The predicted octanol–water partition coefficient (Wildman–Crippen LogP) is 0.945. The summed E-state index contributed by atoms with van der Waals surface area (Å²) in [6.07, 6.45) is 10.4. The van der Waals surface area contributed by atoms with Gasteiger partial charge in [-0.25, -0.2) is 0 Å². The van der Waals surface area contributed by atoms with Crippen LogP contribution in [-0.4, -0.2) is 50.4 Å². The van der Waals surface area contributed by atoms with Crippen molar-refractivity contribution in [2.45, 2.75) is 6.04 Å². The summed E-state index contributed by atoms with van der Waals surface area (Å²) in [4.78, 5) is 7.06. The standard InChI is InChI=1S/C14H19N3O/c1-18-12-9-11-3-2-4-16-14(11)13(10-12)17-7-5-15-6-8-17/h2-4,9-11,14-15H,5-8H2,1H3. The van der Waals surface area contributed by atoms with Crippen molar-refractivity contribution < 1.29 is 4.74 Å². The fraction of sp³-hybridized carbons (Fsp3) is 0.500. The first kappa shape index (κ1) is 11.5. The normalized spacial score (nSPS) is 30.6. The van der Waals surface area contributed by atoms with E-state index in [1.54, 1.807) is 7.11 Å². The Labute approximate surface area is 108 Å². The number of methoxy groups -OCH3 is 1. The summed E-state index contributed by atoms with van der Waals surface area (Å²) in [6.45, 7) is 4.18. The number of rotatable bonds is 2. The van der Waals surface area contributed by atoms with E-state index >= 15 is 0 Å². The first-order chi connectivity index (χ1) is 8.88. The number of aliphatic imine (C=N–C) groups is 1. The molecule has 18 heavy (non-hydrogen) atoms. The largest absolute Gasteiger partial charge is 0.497 e. The Morgan fingerprint density at radius 2 is 2.22 bits per heavy atom. The Morgan fingerprint density at radius 1 is 1.39 bits per heavy atom. The van der Waals surface area contributed by atoms with E-state index in [1.165, 1.54) is 5.70 Å². The van der Waals surface area contributed by atoms with E-state index in [2.05, 4.69) is 33.4 Å². The smallest absolute Gasteiger partial charge is 0.117 e. The highest BCUT2D eigenvalue weighted by Crippen LogP contribution is 2.31. The highest BCUT2D eigenvalue weighted by Gasteiger charge is 2.30. The number of piperazine rings is 1. The molecule has 1 fully saturated rings. The average Bonchev–Trinajstić information content (AvgIpc) is 2.47. The lowest BCUT2D eigenvalue weighted by atomic mass is 9.89. The second-order valence-corrected chi connectivity index (χ2v) is 4.78. The molecule has 3 aliphatic rings. The fourth-order valence-electron chi connectivity index (χ4n) is 2.74. The zero-order chi connectivity index (χ0) is 12.4. The third-order valence-corrected chi connectivity index (χ3v) is 3.70. The topological polar surface area (TPSA) is 36.9 Å². The van der Waals surface area contributed by atoms with E-state index in [1.807, 2.05) is 12.3 Å². The second kappa shape index (κ2) is 4.98. The van der Waals surface area contributed by atoms with Gasteiger partial charge < -0.3 is 15.0 Å². The third kappa shape index (κ3) is 2.08. The number of nitrogens with zero attached hydrogens (tertiary/aromatic N) is 2. The van der Waals surface area contributed by atoms with Crippen LogP contribution >= 0.6 is 0 Å². The van der Waals surface area contributed by atoms with Crippen LogP contribution in [0.3, 0.4) is 0 Å². The van der Waals surface area contributed by atoms with Crippen molar-refractivity contribution in [1.82, 2.24) is 10.2 Å². The van der Waals surface area contributed by atoms with Crippen LogP contribution in [0.1, 0.15) is 0 Å². The number of hydrogen-bond donors (Lipinski definition) is 1. The molecule has 96 valence electrons. The van der Waals surface area contributed by atoms with Crippen LogP contribution in [0.15, 0.2) is 40.8 Å². The molecule has 0 bridgehead atoms. The highest BCUT2D eigenvalue weighted by atomic mass is 16.5. The van der Waals surface area contributed by atoms with Crippen molar-refractivity contribution in [3.8, 4) is 0 Å². The van der Waals surface area contributed by atoms with Gasteiger partial charge in [0, 0.05) is 50.1 Å². The SMILES string of the molecule is COC1=CC2C=CC=NC2C(N2CCNCC2)=C1. The van der Waals surface area contributed by atoms with Gasteiger partial charge in [0.1, 0.15) is 5.76 Å². The van der Waals surface area contributed by atoms with Gasteiger partial charge in [0.25, 0.3) is 0 Å². The molecule has 0 saturated carbocycles. The number of fused-ring (bicyclic) bond motifs is 1. The van der Waals surface area contributed by atoms with Crippen LogP contribution in [0.25, 0.3) is 0 Å². The molecular formula is C14H19N3O. The first-order valence-electron chi connectivity index (χ1n) is 6.51. The summed E-state index contributed by atoms with van der Waals surface area (Å²) in [5.41, 5.74) is 1.29. The summed E-state index contributed by atoms with van der Waals surface area (Å²) >= 11 is 0. The number of nitrogens with one attached hydrogen (secondary N) is 1. The van der Waals surface area contributed by atoms with Gasteiger partial charge in [-0.2, -0.15) is 0 Å². The van der Waals surface area contributed by atoms with E-state index in [4.69, 9.17) is 4.74 Å². The van der Waals surface area contributed by atoms with Crippen molar-refractivity contribution in [1.29, 1.82) is 0 Å². The molecule has 0 aromatic rings. The maximum atomic E-state index is 5.42. The van der Waals surface area contributed by atoms with Gasteiger partial charge in [-0.3, -0.25) is 4.99 Å². The molecular weight excluding hydrogens is 226 g/mol. The summed E-state index contributed by atoms with van der Waals surface area (Å²) < 4.78 is 5.42. The molecule has 0 spiro atoms. The molecule has 1 saturated heterocycles. The molecule has 0 amide bonds. The van der Waals surface area contributed by atoms with Crippen molar-refractivity contribution in [2.24, 2.45) is 10.9 Å². The highest BCUT2D eigenvalue weighted by molar-refractivity contribution is 5.73. The molecule has 0 radical (unpaired) electrons. The summed E-state index contributed by atoms with van der Waals surface area (Å²) in [5.74, 6) is 1.28. The van der Waals surface area contributed by atoms with E-state index in [0.29, 0.717) is 5.92 Å². The average molecular weight is 245 g/mol. The molecule has 3 rings (SSSR count). The molecule has 4 heteroatoms. The third-order valence-electron chi connectivity index (χ3n) is 3.70. The van der Waals surface area contributed by atoms with Crippen LogP contribution in [-0.2, 0) is 4.74 Å². The van der Waals surface area contributed by atoms with E-state index < -0.39 is 0 Å². The Balaban J connectivity index is 1.89. The van der Waals surface area contributed by atoms with E-state index in [9.17, 15) is 0 Å². The van der Waals surface area contributed by atoms with Crippen molar-refractivity contribution >= 4 is 6.21 Å². The van der Waals surface area contributed by atoms with Crippen LogP contribution in [0.4, 0.5) is 0 Å². The zero-order valence-electron chi connectivity index (χ0n) is 10.7. The minimum absolute atomic E-state index is 0.229. The van der Waals surface area contributed by atoms with Gasteiger partial charge >= 0.3 is 0 Å². The minimum atomic E-state index is 0.229. The van der Waals surface area contributed by atoms with Gasteiger partial charge in [-0.15, -0.1) is 0 Å². The lowest BCUT2D eigenvalue weighted by molar-refractivity contribution is 0.258. The van der Waals surface area contributed by atoms with Crippen molar-refractivity contribution in [2.75, 3.05) is 33.3 Å². The number of hydrogen-bond acceptors (Lipinski definition) is 4. The van der Waals surface area contributed by atoms with Gasteiger partial charge in [0.05, 0.1) is 13.2 Å². The predicted molar refractivity (Wildman–Crippen MR) is 72.5 cm³/mol. The molecule has 1 aliphatic carbocycles. The Kier molecular flexibility index (Phi) is 3.19. The Hall–Kier alpha value is -1.55. The Bertz CT molecular complexity index is 430. The maximum Gasteiger partial charge on any atom is 0.117 e. The molecule has 2 atom stereocenters. The molecule has 4 nitrogen and oxygen atoms in total. The summed E-state index contributed by atoms with van der Waals surface area (Å²) in [7, 11) is 1.73. The quantitative estimate of drug-likeness (QED) is 0.787. The number of ether oxygens (including phenoxy) is 1. The summed E-state index contributed by atoms with van der Waals surface area (Å²) in [6, 6.07) is 0.229. The van der Waals surface area contributed by atoms with E-state index in [-0.39, 0.29) is 6.04 Å². The molecule has 2 unspecified atom stereocenters. The number of allylic oxidation sites excluding steroid dienone is 2. The molecule has 0 aromatic carbocycles. The maximum absolute atomic E-state index is 5.42. The van der Waals surface area contributed by atoms with Crippen LogP contribution in [0, 0.1) is 5.92 Å². The molecule has 2 heterocycles. The minimum Gasteiger partial charge on any atom is -0.497 e. The van der Waals surface area contributed by atoms with Crippen LogP contribution in [0.2, 0.25) is 0 Å². The van der Waals surface area contributed by atoms with Gasteiger partial charge in [0.15, 0.2) is 0 Å². The van der Waals surface area contributed by atoms with Crippen molar-refractivity contribution in [3.63, 3.8) is 0 Å². The fourth-order valence-corrected chi connectivity index (χ4v) is 2.74. The van der Waals surface area contributed by atoms with Gasteiger partial charge in [0.2, 0.25) is 0 Å². The van der Waals surface area contributed by atoms with Crippen molar-refractivity contribution in [3.05, 3.63) is 35.8 Å². The second-order valence-electron chi connectivity index (χ2n) is 4.78. The number of dihydropyridines is 1. The monoisotopic (exact) mass is 245 g/mol. The Morgan fingerprint density at radius 3 is 3.00 bits per heavy atom. The lowest BCUT2D eigenvalue weighted by Crippen LogP contribution is -2.46. The van der Waals surface area contributed by atoms with E-state index in [0.717, 1.165) is 31.9 Å². The molecule has 1 N–H and O–H groups in total. The van der Waals surface area contributed by atoms with Gasteiger partial charge in [-0.1, -0.05) is 6.08 Å². The summed E-state index contributed by atoms with van der Waals surface area (Å²) in [5, 5.41) is 3.38. The zero-order valence-corrected chi connectivity index (χ0v) is 10.7. The van der Waals surface area contributed by atoms with Crippen LogP contribution < -0.4 is 5.32 Å². The molecule has 2 aliphatic heterocycles. The van der Waals surface area contributed by atoms with Crippen LogP contribution in [0.5, 0.6) is 0 Å². The first-order valence-corrected chi connectivity index (χ1v) is 6.51. The van der Waals surface area contributed by atoms with Gasteiger partial charge in [-0.05, 0) is 12.2 Å².